The van der Waals surface area contributed by atoms with Crippen LogP contribution < -0.4 is 5.32 Å². The maximum absolute atomic E-state index is 12.2. The lowest BCUT2D eigenvalue weighted by atomic mass is 10.1. The number of carbonyl (C=O) groups is 1. The molecule has 1 aromatic heterocycles. The van der Waals surface area contributed by atoms with E-state index in [1.54, 1.807) is 0 Å². The highest BCUT2D eigenvalue weighted by atomic mass is 16.1. The first-order valence-corrected chi connectivity index (χ1v) is 8.09. The van der Waals surface area contributed by atoms with E-state index < -0.39 is 0 Å². The number of nitrogens with one attached hydrogen (secondary N) is 1. The van der Waals surface area contributed by atoms with Gasteiger partial charge < -0.3 is 5.32 Å². The fourth-order valence-corrected chi connectivity index (χ4v) is 2.71. The monoisotopic (exact) mass is 319 g/mol. The molecule has 1 N–H and O–H groups in total. The summed E-state index contributed by atoms with van der Waals surface area (Å²) in [4.78, 5) is 12.2. The number of amides is 1. The highest BCUT2D eigenvalue weighted by molar-refractivity contribution is 5.94. The molecule has 0 atom stereocenters. The minimum Gasteiger partial charge on any atom is -0.352 e. The zero-order valence-electron chi connectivity index (χ0n) is 14.0. The zero-order chi connectivity index (χ0) is 16.9. The van der Waals surface area contributed by atoms with Gasteiger partial charge in [-0.15, -0.1) is 0 Å². The van der Waals surface area contributed by atoms with Crippen molar-refractivity contribution in [2.45, 2.75) is 20.3 Å². The van der Waals surface area contributed by atoms with Gasteiger partial charge in [0.05, 0.1) is 11.4 Å². The van der Waals surface area contributed by atoms with Crippen LogP contribution in [0.15, 0.2) is 60.7 Å². The van der Waals surface area contributed by atoms with E-state index in [0.29, 0.717) is 12.1 Å². The second-order valence-electron chi connectivity index (χ2n) is 5.88. The van der Waals surface area contributed by atoms with E-state index in [9.17, 15) is 4.79 Å². The van der Waals surface area contributed by atoms with Crippen molar-refractivity contribution >= 4 is 5.91 Å². The van der Waals surface area contributed by atoms with Crippen molar-refractivity contribution in [3.8, 4) is 5.69 Å². The predicted octanol–water partition coefficient (Wildman–Crippen LogP) is 3.46. The average Bonchev–Trinajstić information content (AvgIpc) is 2.94. The number of hydrogen-bond donors (Lipinski definition) is 1. The minimum atomic E-state index is -0.0501. The van der Waals surface area contributed by atoms with Gasteiger partial charge in [0.15, 0.2) is 0 Å². The van der Waals surface area contributed by atoms with Crippen LogP contribution in [0.1, 0.15) is 27.3 Å². The van der Waals surface area contributed by atoms with Crippen LogP contribution in [0.2, 0.25) is 0 Å². The van der Waals surface area contributed by atoms with E-state index in [0.717, 1.165) is 23.5 Å². The third kappa shape index (κ3) is 3.71. The molecule has 0 spiro atoms. The van der Waals surface area contributed by atoms with Gasteiger partial charge in [-0.05, 0) is 56.2 Å². The number of rotatable bonds is 5. The lowest BCUT2D eigenvalue weighted by molar-refractivity contribution is 0.0954. The Bertz CT molecular complexity index is 820. The largest absolute Gasteiger partial charge is 0.352 e. The van der Waals surface area contributed by atoms with Crippen molar-refractivity contribution in [3.63, 3.8) is 0 Å². The second-order valence-corrected chi connectivity index (χ2v) is 5.88. The van der Waals surface area contributed by atoms with E-state index in [2.05, 4.69) is 22.5 Å². The summed E-state index contributed by atoms with van der Waals surface area (Å²) in [5.74, 6) is -0.0501. The summed E-state index contributed by atoms with van der Waals surface area (Å²) < 4.78 is 1.88. The minimum absolute atomic E-state index is 0.0501. The Morgan fingerprint density at radius 2 is 1.75 bits per heavy atom. The summed E-state index contributed by atoms with van der Waals surface area (Å²) in [5, 5.41) is 7.42. The van der Waals surface area contributed by atoms with E-state index in [4.69, 9.17) is 0 Å². The molecule has 0 aliphatic rings. The van der Waals surface area contributed by atoms with Gasteiger partial charge in [0.25, 0.3) is 5.91 Å². The molecular weight excluding hydrogens is 298 g/mol. The van der Waals surface area contributed by atoms with Crippen LogP contribution in [0.3, 0.4) is 0 Å². The van der Waals surface area contributed by atoms with Gasteiger partial charge in [-0.2, -0.15) is 5.10 Å². The molecule has 4 nitrogen and oxygen atoms in total. The van der Waals surface area contributed by atoms with Gasteiger partial charge in [0.2, 0.25) is 0 Å². The van der Waals surface area contributed by atoms with Gasteiger partial charge in [-0.25, -0.2) is 4.68 Å². The van der Waals surface area contributed by atoms with E-state index >= 15 is 0 Å². The summed E-state index contributed by atoms with van der Waals surface area (Å²) in [7, 11) is 0. The molecule has 0 aliphatic carbocycles. The molecule has 0 bridgehead atoms. The number of nitrogens with zero attached hydrogens (tertiary/aromatic N) is 2. The molecule has 24 heavy (non-hydrogen) atoms. The van der Waals surface area contributed by atoms with Crippen LogP contribution in [0.25, 0.3) is 5.69 Å². The highest BCUT2D eigenvalue weighted by Gasteiger charge is 2.07. The Balaban J connectivity index is 1.61. The molecule has 0 radical (unpaired) electrons. The fraction of sp³-hybridized carbons (Fsp3) is 0.200. The average molecular weight is 319 g/mol. The third-order valence-electron chi connectivity index (χ3n) is 3.93. The molecule has 0 fully saturated rings. The van der Waals surface area contributed by atoms with Gasteiger partial charge in [-0.1, -0.05) is 30.3 Å². The molecule has 3 aromatic rings. The van der Waals surface area contributed by atoms with Crippen molar-refractivity contribution in [1.82, 2.24) is 15.1 Å². The molecular formula is C20H21N3O. The normalized spacial score (nSPS) is 10.6. The van der Waals surface area contributed by atoms with E-state index in [1.807, 2.05) is 67.1 Å². The van der Waals surface area contributed by atoms with Crippen LogP contribution >= 0.6 is 0 Å². The van der Waals surface area contributed by atoms with E-state index in [-0.39, 0.29) is 5.91 Å². The SMILES string of the molecule is Cc1cc(C)n(-c2ccc(C(=O)NCCc3ccccc3)cc2)n1. The Morgan fingerprint density at radius 3 is 2.38 bits per heavy atom. The Labute approximate surface area is 142 Å². The Kier molecular flexibility index (Phi) is 4.75. The number of carbonyl (C=O) groups excluding carboxylic acids is 1. The first kappa shape index (κ1) is 16.0. The lowest BCUT2D eigenvalue weighted by Gasteiger charge is -2.08. The maximum Gasteiger partial charge on any atom is 0.251 e. The van der Waals surface area contributed by atoms with E-state index in [1.165, 1.54) is 5.56 Å². The molecule has 3 rings (SSSR count). The lowest BCUT2D eigenvalue weighted by Crippen LogP contribution is -2.25. The summed E-state index contributed by atoms with van der Waals surface area (Å²) in [6.07, 6.45) is 0.830. The van der Waals surface area contributed by atoms with Crippen molar-refractivity contribution in [1.29, 1.82) is 0 Å². The van der Waals surface area contributed by atoms with Gasteiger partial charge >= 0.3 is 0 Å². The van der Waals surface area contributed by atoms with Crippen molar-refractivity contribution in [3.05, 3.63) is 83.2 Å². The first-order chi connectivity index (χ1) is 11.6. The van der Waals surface area contributed by atoms with Gasteiger partial charge in [0, 0.05) is 17.8 Å². The summed E-state index contributed by atoms with van der Waals surface area (Å²) in [5.41, 5.74) is 4.90. The predicted molar refractivity (Wildman–Crippen MR) is 95.5 cm³/mol. The zero-order valence-corrected chi connectivity index (χ0v) is 14.0. The quantitative estimate of drug-likeness (QED) is 0.783. The molecule has 2 aromatic carbocycles. The smallest absolute Gasteiger partial charge is 0.251 e. The molecule has 1 amide bonds. The molecule has 0 saturated carbocycles. The highest BCUT2D eigenvalue weighted by Crippen LogP contribution is 2.13. The molecule has 0 aliphatic heterocycles. The topological polar surface area (TPSA) is 46.9 Å². The Morgan fingerprint density at radius 1 is 1.04 bits per heavy atom. The van der Waals surface area contributed by atoms with Crippen LogP contribution in [0.4, 0.5) is 0 Å². The van der Waals surface area contributed by atoms with Crippen molar-refractivity contribution < 1.29 is 4.79 Å². The summed E-state index contributed by atoms with van der Waals surface area (Å²) >= 11 is 0. The van der Waals surface area contributed by atoms with Crippen molar-refractivity contribution in [2.75, 3.05) is 6.54 Å². The molecule has 4 heteroatoms. The molecule has 1 heterocycles. The van der Waals surface area contributed by atoms with Gasteiger partial charge in [0.1, 0.15) is 0 Å². The molecule has 0 saturated heterocycles. The Hall–Kier alpha value is -2.88. The van der Waals surface area contributed by atoms with Crippen LogP contribution in [-0.2, 0) is 6.42 Å². The number of aromatic nitrogens is 2. The third-order valence-corrected chi connectivity index (χ3v) is 3.93. The number of aryl methyl sites for hydroxylation is 2. The van der Waals surface area contributed by atoms with Crippen molar-refractivity contribution in [2.24, 2.45) is 0 Å². The maximum atomic E-state index is 12.2. The van der Waals surface area contributed by atoms with Gasteiger partial charge in [-0.3, -0.25) is 4.79 Å². The standard InChI is InChI=1S/C20H21N3O/c1-15-14-16(2)23(22-15)19-10-8-18(9-11-19)20(24)21-13-12-17-6-4-3-5-7-17/h3-11,14H,12-13H2,1-2H3,(H,21,24). The molecule has 0 unspecified atom stereocenters. The van der Waals surface area contributed by atoms with Crippen LogP contribution in [0.5, 0.6) is 0 Å². The fourth-order valence-electron chi connectivity index (χ4n) is 2.71. The number of hydrogen-bond acceptors (Lipinski definition) is 2. The summed E-state index contributed by atoms with van der Waals surface area (Å²) in [6.45, 7) is 4.62. The second kappa shape index (κ2) is 7.13. The first-order valence-electron chi connectivity index (χ1n) is 8.09. The van der Waals surface area contributed by atoms with Crippen LogP contribution in [-0.4, -0.2) is 22.2 Å². The molecule has 122 valence electrons. The number of benzene rings is 2. The summed E-state index contributed by atoms with van der Waals surface area (Å²) in [6, 6.07) is 19.7. The van der Waals surface area contributed by atoms with Crippen LogP contribution in [0, 0.1) is 13.8 Å².